The van der Waals surface area contributed by atoms with Gasteiger partial charge < -0.3 is 28.4 Å². The second-order valence-electron chi connectivity index (χ2n) is 10.9. The molecule has 1 fully saturated rings. The molecule has 0 spiro atoms. The van der Waals surface area contributed by atoms with Gasteiger partial charge in [0.15, 0.2) is 11.5 Å². The van der Waals surface area contributed by atoms with E-state index in [1.165, 1.54) is 0 Å². The van der Waals surface area contributed by atoms with Gasteiger partial charge in [0.2, 0.25) is 5.91 Å². The highest BCUT2D eigenvalue weighted by Gasteiger charge is 2.24. The number of hydrogen-bond acceptors (Lipinski definition) is 7. The van der Waals surface area contributed by atoms with Crippen LogP contribution in [-0.4, -0.2) is 93.2 Å². The number of carbonyl (C=O) groups excluding carboxylic acids is 2. The van der Waals surface area contributed by atoms with Crippen LogP contribution in [-0.2, 0) is 22.5 Å². The standard InChI is InChI=1S/C35H41N3O6/c1-41-32-13-10-27(23-33(32)42-2)14-17-37(25-31-9-5-20-44-31)34(39)26-38(16-6-15-36-18-21-43-22-19-36)35(40)30-12-11-28-7-3-4-8-29(28)24-30/h3-5,7-13,20,23-24H,6,14-19,21-22,25-26H2,1-2H3. The first-order valence-electron chi connectivity index (χ1n) is 15.1. The van der Waals surface area contributed by atoms with Crippen molar-refractivity contribution in [2.75, 3.05) is 66.7 Å². The topological polar surface area (TPSA) is 84.7 Å². The van der Waals surface area contributed by atoms with E-state index in [0.29, 0.717) is 48.9 Å². The molecule has 1 aliphatic rings. The molecule has 2 heterocycles. The normalized spacial score (nSPS) is 13.5. The van der Waals surface area contributed by atoms with Gasteiger partial charge in [0.05, 0.1) is 40.2 Å². The van der Waals surface area contributed by atoms with Gasteiger partial charge in [-0.1, -0.05) is 36.4 Å². The van der Waals surface area contributed by atoms with Gasteiger partial charge in [0, 0.05) is 38.3 Å². The van der Waals surface area contributed by atoms with E-state index in [1.54, 1.807) is 30.3 Å². The first-order chi connectivity index (χ1) is 21.5. The van der Waals surface area contributed by atoms with Crippen LogP contribution in [0.3, 0.4) is 0 Å². The van der Waals surface area contributed by atoms with Gasteiger partial charge in [-0.05, 0) is 65.6 Å². The molecular weight excluding hydrogens is 558 g/mol. The first-order valence-corrected chi connectivity index (χ1v) is 15.1. The summed E-state index contributed by atoms with van der Waals surface area (Å²) in [4.78, 5) is 33.7. The number of methoxy groups -OCH3 is 2. The molecule has 0 radical (unpaired) electrons. The summed E-state index contributed by atoms with van der Waals surface area (Å²) in [5.41, 5.74) is 1.58. The van der Waals surface area contributed by atoms with E-state index in [2.05, 4.69) is 4.90 Å². The minimum absolute atomic E-state index is 0.0264. The number of furan rings is 1. The van der Waals surface area contributed by atoms with E-state index < -0.39 is 0 Å². The largest absolute Gasteiger partial charge is 0.493 e. The van der Waals surface area contributed by atoms with Gasteiger partial charge in [0.1, 0.15) is 12.3 Å². The molecule has 5 rings (SSSR count). The summed E-state index contributed by atoms with van der Waals surface area (Å²) >= 11 is 0. The zero-order valence-electron chi connectivity index (χ0n) is 25.6. The monoisotopic (exact) mass is 599 g/mol. The highest BCUT2D eigenvalue weighted by Crippen LogP contribution is 2.28. The van der Waals surface area contributed by atoms with E-state index in [-0.39, 0.29) is 18.4 Å². The fourth-order valence-electron chi connectivity index (χ4n) is 5.51. The van der Waals surface area contributed by atoms with Crippen LogP contribution in [0.2, 0.25) is 0 Å². The maximum atomic E-state index is 14.0. The highest BCUT2D eigenvalue weighted by molar-refractivity contribution is 6.00. The maximum Gasteiger partial charge on any atom is 0.254 e. The van der Waals surface area contributed by atoms with Crippen LogP contribution in [0, 0.1) is 0 Å². The van der Waals surface area contributed by atoms with Crippen molar-refractivity contribution >= 4 is 22.6 Å². The molecule has 0 bridgehead atoms. The lowest BCUT2D eigenvalue weighted by atomic mass is 10.1. The number of nitrogens with zero attached hydrogens (tertiary/aromatic N) is 3. The molecule has 1 aliphatic heterocycles. The van der Waals surface area contributed by atoms with Gasteiger partial charge in [-0.25, -0.2) is 0 Å². The van der Waals surface area contributed by atoms with Crippen molar-refractivity contribution in [2.45, 2.75) is 19.4 Å². The second-order valence-corrected chi connectivity index (χ2v) is 10.9. The van der Waals surface area contributed by atoms with Crippen molar-refractivity contribution in [3.05, 3.63) is 95.9 Å². The lowest BCUT2D eigenvalue weighted by Gasteiger charge is -2.30. The quantitative estimate of drug-likeness (QED) is 0.204. The molecule has 9 nitrogen and oxygen atoms in total. The summed E-state index contributed by atoms with van der Waals surface area (Å²) in [6.07, 6.45) is 2.96. The van der Waals surface area contributed by atoms with Crippen molar-refractivity contribution in [3.8, 4) is 11.5 Å². The van der Waals surface area contributed by atoms with E-state index >= 15 is 0 Å². The zero-order chi connectivity index (χ0) is 30.7. The number of hydrogen-bond donors (Lipinski definition) is 0. The SMILES string of the molecule is COc1ccc(CCN(Cc2ccco2)C(=O)CN(CCCN2CCOCC2)C(=O)c2ccc3ccccc3c2)cc1OC. The summed E-state index contributed by atoms with van der Waals surface area (Å²) in [6.45, 7) is 5.25. The Morgan fingerprint density at radius 2 is 1.64 bits per heavy atom. The Morgan fingerprint density at radius 1 is 0.841 bits per heavy atom. The van der Waals surface area contributed by atoms with Gasteiger partial charge >= 0.3 is 0 Å². The summed E-state index contributed by atoms with van der Waals surface area (Å²) in [5.74, 6) is 1.69. The van der Waals surface area contributed by atoms with Gasteiger partial charge in [0.25, 0.3) is 5.91 Å². The van der Waals surface area contributed by atoms with E-state index in [0.717, 1.165) is 55.6 Å². The van der Waals surface area contributed by atoms with E-state index in [1.807, 2.05) is 72.8 Å². The molecule has 0 unspecified atom stereocenters. The second kappa shape index (κ2) is 15.4. The Bertz CT molecular complexity index is 1520. The zero-order valence-corrected chi connectivity index (χ0v) is 25.6. The van der Waals surface area contributed by atoms with Crippen LogP contribution < -0.4 is 9.47 Å². The summed E-state index contributed by atoms with van der Waals surface area (Å²) in [5, 5.41) is 2.06. The number of fused-ring (bicyclic) bond motifs is 1. The van der Waals surface area contributed by atoms with Crippen LogP contribution in [0.25, 0.3) is 10.8 Å². The molecule has 9 heteroatoms. The molecule has 3 aromatic carbocycles. The Labute approximate surface area is 258 Å². The molecule has 0 atom stereocenters. The molecule has 2 amide bonds. The summed E-state index contributed by atoms with van der Waals surface area (Å²) in [6, 6.07) is 23.1. The fourth-order valence-corrected chi connectivity index (χ4v) is 5.51. The van der Waals surface area contributed by atoms with E-state index in [9.17, 15) is 9.59 Å². The number of benzene rings is 3. The van der Waals surface area contributed by atoms with Crippen LogP contribution in [0.15, 0.2) is 83.5 Å². The smallest absolute Gasteiger partial charge is 0.254 e. The van der Waals surface area contributed by atoms with Crippen molar-refractivity contribution in [3.63, 3.8) is 0 Å². The molecule has 0 saturated carbocycles. The van der Waals surface area contributed by atoms with Gasteiger partial charge in [-0.3, -0.25) is 14.5 Å². The van der Waals surface area contributed by atoms with E-state index in [4.69, 9.17) is 18.6 Å². The third kappa shape index (κ3) is 8.18. The minimum Gasteiger partial charge on any atom is -0.493 e. The van der Waals surface area contributed by atoms with Crippen LogP contribution in [0.5, 0.6) is 11.5 Å². The summed E-state index contributed by atoms with van der Waals surface area (Å²) in [7, 11) is 3.21. The van der Waals surface area contributed by atoms with Crippen LogP contribution in [0.4, 0.5) is 0 Å². The third-order valence-corrected chi connectivity index (χ3v) is 8.01. The number of amides is 2. The molecule has 1 saturated heterocycles. The molecule has 0 aliphatic carbocycles. The lowest BCUT2D eigenvalue weighted by molar-refractivity contribution is -0.132. The average molecular weight is 600 g/mol. The van der Waals surface area contributed by atoms with Crippen molar-refractivity contribution in [2.24, 2.45) is 0 Å². The average Bonchev–Trinajstić information content (AvgIpc) is 3.59. The number of carbonyl (C=O) groups is 2. The van der Waals surface area contributed by atoms with Crippen LogP contribution >= 0.6 is 0 Å². The molecule has 4 aromatic rings. The highest BCUT2D eigenvalue weighted by atomic mass is 16.5. The Hall–Kier alpha value is -4.34. The lowest BCUT2D eigenvalue weighted by Crippen LogP contribution is -2.44. The number of ether oxygens (including phenoxy) is 3. The summed E-state index contributed by atoms with van der Waals surface area (Å²) < 4.78 is 21.9. The third-order valence-electron chi connectivity index (χ3n) is 8.01. The van der Waals surface area contributed by atoms with Crippen LogP contribution in [0.1, 0.15) is 28.1 Å². The fraction of sp³-hybridized carbons (Fsp3) is 0.371. The van der Waals surface area contributed by atoms with Crippen molar-refractivity contribution in [1.82, 2.24) is 14.7 Å². The molecule has 0 N–H and O–H groups in total. The Kier molecular flexibility index (Phi) is 10.9. The van der Waals surface area contributed by atoms with Crippen molar-refractivity contribution in [1.29, 1.82) is 0 Å². The van der Waals surface area contributed by atoms with Gasteiger partial charge in [-0.2, -0.15) is 0 Å². The molecule has 44 heavy (non-hydrogen) atoms. The number of morpholine rings is 1. The van der Waals surface area contributed by atoms with Gasteiger partial charge in [-0.15, -0.1) is 0 Å². The molecule has 232 valence electrons. The number of rotatable bonds is 14. The van der Waals surface area contributed by atoms with Crippen molar-refractivity contribution < 1.29 is 28.2 Å². The predicted molar refractivity (Wildman–Crippen MR) is 169 cm³/mol. The predicted octanol–water partition coefficient (Wildman–Crippen LogP) is 4.89. The Morgan fingerprint density at radius 3 is 2.39 bits per heavy atom. The first kappa shape index (κ1) is 31.1. The minimum atomic E-state index is -0.149. The molecular formula is C35H41N3O6. The Balaban J connectivity index is 1.33. The molecule has 1 aromatic heterocycles. The maximum absolute atomic E-state index is 14.0.